The van der Waals surface area contributed by atoms with Crippen LogP contribution in [0.5, 0.6) is 51.7 Å². The molecule has 121 heavy (non-hydrogen) atoms. The molecular formula is C82H96Cl2N12O24S. The summed E-state index contributed by atoms with van der Waals surface area (Å²) in [5, 5.41) is 120. The average Bonchev–Trinajstić information content (AvgIpc) is 0.753. The van der Waals surface area contributed by atoms with E-state index in [0.717, 1.165) is 86.7 Å². The third kappa shape index (κ3) is 19.9. The van der Waals surface area contributed by atoms with Crippen LogP contribution in [0.3, 0.4) is 0 Å². The van der Waals surface area contributed by atoms with Gasteiger partial charge in [0.05, 0.1) is 34.9 Å². The maximum absolute atomic E-state index is 16.4. The Bertz CT molecular complexity index is 5060. The fourth-order valence-corrected chi connectivity index (χ4v) is 18.6. The van der Waals surface area contributed by atoms with Crippen molar-refractivity contribution in [2.24, 2.45) is 35.3 Å². The molecule has 0 aromatic heterocycles. The number of ether oxygens (including phenoxy) is 5. The normalized spacial score (nSPS) is 27.2. The number of nitrogens with two attached hydrogens (primary N) is 1. The van der Waals surface area contributed by atoms with Crippen LogP contribution in [-0.2, 0) is 53.1 Å². The number of phenolic OH excluding ortho intramolecular Hbond substituents is 3. The number of fused-ring (bicyclic) bond motifs is 15. The van der Waals surface area contributed by atoms with Crippen LogP contribution in [0.4, 0.5) is 10.5 Å². The number of hydrogen-bond acceptors (Lipinski definition) is 26. The van der Waals surface area contributed by atoms with E-state index >= 15 is 28.8 Å². The number of urea groups is 1. The number of rotatable bonds is 21. The number of nitrogens with one attached hydrogen (secondary N) is 11. The molecule has 648 valence electrons. The van der Waals surface area contributed by atoms with Gasteiger partial charge in [-0.05, 0) is 195 Å². The van der Waals surface area contributed by atoms with E-state index in [1.54, 1.807) is 6.92 Å². The van der Waals surface area contributed by atoms with Gasteiger partial charge < -0.3 is 118 Å². The number of imide groups is 1. The third-order valence-electron chi connectivity index (χ3n) is 22.7. The first-order valence-electron chi connectivity index (χ1n) is 39.7. The summed E-state index contributed by atoms with van der Waals surface area (Å²) in [6, 6.07) is 4.25. The molecule has 15 bridgehead atoms. The van der Waals surface area contributed by atoms with Crippen LogP contribution in [0.2, 0.25) is 10.0 Å². The van der Waals surface area contributed by atoms with E-state index in [-0.39, 0.29) is 105 Å². The number of carbonyl (C=O) groups excluding carboxylic acids is 9. The first kappa shape index (κ1) is 88.1. The second-order valence-electron chi connectivity index (χ2n) is 31.8. The Labute approximate surface area is 704 Å². The number of amides is 10. The largest absolute Gasteiger partial charge is 0.508 e. The zero-order chi connectivity index (χ0) is 86.7. The number of likely N-dealkylation sites (N-methyl/N-ethyl adjacent to an activating group) is 1. The van der Waals surface area contributed by atoms with E-state index < -0.39 is 207 Å². The summed E-state index contributed by atoms with van der Waals surface area (Å²) in [6.07, 6.45) is -9.71. The predicted octanol–water partition coefficient (Wildman–Crippen LogP) is 3.65. The van der Waals surface area contributed by atoms with Crippen LogP contribution in [-0.4, -0.2) is 196 Å². The quantitative estimate of drug-likeness (QED) is 0.0457. The fourth-order valence-electron chi connectivity index (χ4n) is 17.0. The SMILES string of the molecule is CCCS(=O)(=O)NCCCOc1ccc(NC(=O)NC(=O)CC2NC(=O)C(NC(=O)[C@@H](CC(C)C)NC)[C@H](O)c3ccc(c(Cl)c3)Oc3cc4cc(c3O[C@H]3O[C@H](CN)[C@@H](O)[C@H](O)[C@H]3O)Oc3ccc(cc3Cl)[C@@H](O)[C@@H]3NC(=O)[C@H](NC(=O)C4NC2=O)c2ccc(O)c(c2)-c2c(O)cc(O)cc2[C@H](C(=O)NC2C4CC5CC(C4)CC2C5)NC3=O)cc1. The number of carbonyl (C=O) groups is 9. The molecule has 6 heterocycles. The molecule has 4 saturated carbocycles. The maximum Gasteiger partial charge on any atom is 0.325 e. The van der Waals surface area contributed by atoms with Crippen LogP contribution in [0.25, 0.3) is 11.1 Å². The van der Waals surface area contributed by atoms with Crippen molar-refractivity contribution in [3.8, 4) is 62.9 Å². The summed E-state index contributed by atoms with van der Waals surface area (Å²) in [7, 11) is -2.00. The molecule has 21 N–H and O–H groups in total. The Kier molecular flexibility index (Phi) is 27.2. The molecule has 10 amide bonds. The number of sulfonamides is 1. The third-order valence-corrected chi connectivity index (χ3v) is 24.9. The van der Waals surface area contributed by atoms with E-state index in [9.17, 15) is 63.7 Å². The van der Waals surface area contributed by atoms with Crippen LogP contribution >= 0.6 is 23.2 Å². The van der Waals surface area contributed by atoms with Crippen molar-refractivity contribution in [2.45, 2.75) is 170 Å². The molecule has 39 heteroatoms. The van der Waals surface area contributed by atoms with Crippen LogP contribution in [0.15, 0.2) is 103 Å². The minimum Gasteiger partial charge on any atom is -0.508 e. The molecule has 36 nitrogen and oxygen atoms in total. The fraction of sp³-hybridized carbons (Fsp3) is 0.451. The first-order chi connectivity index (χ1) is 57.6. The number of halogens is 2. The zero-order valence-electron chi connectivity index (χ0n) is 65.9. The maximum atomic E-state index is 16.4. The van der Waals surface area contributed by atoms with Crippen LogP contribution in [0, 0.1) is 29.6 Å². The summed E-state index contributed by atoms with van der Waals surface area (Å²) in [4.78, 5) is 138. The lowest BCUT2D eigenvalue weighted by Gasteiger charge is -2.54. The molecule has 16 rings (SSSR count). The number of phenols is 3. The van der Waals surface area contributed by atoms with Gasteiger partial charge in [-0.3, -0.25) is 43.7 Å². The molecule has 4 aliphatic carbocycles. The molecule has 6 aromatic rings. The molecule has 14 atom stereocenters. The molecule has 0 spiro atoms. The Hall–Kier alpha value is -10.7. The summed E-state index contributed by atoms with van der Waals surface area (Å²) in [5.41, 5.74) is 3.82. The smallest absolute Gasteiger partial charge is 0.325 e. The van der Waals surface area contributed by atoms with Crippen molar-refractivity contribution in [2.75, 3.05) is 37.8 Å². The van der Waals surface area contributed by atoms with E-state index in [4.69, 9.17) is 52.6 Å². The van der Waals surface area contributed by atoms with Crippen LogP contribution in [0.1, 0.15) is 137 Å². The molecule has 5 fully saturated rings. The standard InChI is InChI=1S/C82H96Cl2N12O24S/c1-5-19-121(114,115)87-17-6-18-116-46-12-10-44(11-13-46)88-82(113)90-60(100)33-52-75(107)92-64-43-29-57(117-55-15-8-39(27-49(55)83)68(101)66(79(111)89-52)95-74(106)51(86-4)20-35(2)3)73(120-81-72(105)71(104)70(103)59(34-85)119-81)58(30-43)118-56-16-9-40(28-50(56)84)69(102)67-80(112)94-65(78(110)91-62-41-22-36-21-37(24-41)25-42(62)23-36)48-31-45(97)32-54(99)61(48)47-26-38(7-14-53(47)98)63(76(108)96-67)93-77(64)109/h7-16,26-32,35-37,41-42,51-52,59,62-72,81,86-87,97-99,101-105H,5-6,17-25,33-34,85H2,1-4H3,(H,89,111)(H,91,110)(H,92,107)(H,93,109)(H,94,112)(H,95,106)(H,96,108)(H2,88,90,100,113)/t36?,37?,41?,42?,51-,52?,59-,62?,63-,64?,65-,66?,67+,68-,69-,70-,71+,72-,81-/m1/s1. The van der Waals surface area contributed by atoms with Crippen molar-refractivity contribution in [1.29, 1.82) is 0 Å². The van der Waals surface area contributed by atoms with Crippen molar-refractivity contribution >= 4 is 92.2 Å². The lowest BCUT2D eigenvalue weighted by atomic mass is 9.54. The van der Waals surface area contributed by atoms with E-state index in [1.807, 2.05) is 13.8 Å². The van der Waals surface area contributed by atoms with E-state index in [1.165, 1.54) is 55.6 Å². The molecule has 6 aromatic carbocycles. The zero-order valence-corrected chi connectivity index (χ0v) is 68.2. The highest BCUT2D eigenvalue weighted by Gasteiger charge is 2.51. The average molecular weight is 1740 g/mol. The molecule has 1 saturated heterocycles. The molecule has 6 aliphatic heterocycles. The lowest BCUT2D eigenvalue weighted by Crippen LogP contribution is -2.60. The van der Waals surface area contributed by atoms with Crippen molar-refractivity contribution in [3.63, 3.8) is 0 Å². The summed E-state index contributed by atoms with van der Waals surface area (Å²) in [6.45, 7) is 5.08. The number of benzene rings is 6. The second kappa shape index (κ2) is 37.3. The highest BCUT2D eigenvalue weighted by molar-refractivity contribution is 7.89. The van der Waals surface area contributed by atoms with Gasteiger partial charge in [0, 0.05) is 42.0 Å². The highest BCUT2D eigenvalue weighted by Crippen LogP contribution is 2.55. The van der Waals surface area contributed by atoms with Gasteiger partial charge in [0.1, 0.15) is 107 Å². The number of aliphatic hydroxyl groups is 5. The molecule has 3 unspecified atom stereocenters. The Morgan fingerprint density at radius 2 is 1.27 bits per heavy atom. The van der Waals surface area contributed by atoms with Gasteiger partial charge in [-0.25, -0.2) is 17.9 Å². The van der Waals surface area contributed by atoms with Gasteiger partial charge in [-0.1, -0.05) is 62.2 Å². The van der Waals surface area contributed by atoms with Gasteiger partial charge in [0.2, 0.25) is 69.3 Å². The Balaban J connectivity index is 0.951. The Morgan fingerprint density at radius 3 is 1.89 bits per heavy atom. The van der Waals surface area contributed by atoms with Gasteiger partial charge >= 0.3 is 6.03 Å². The number of anilines is 1. The summed E-state index contributed by atoms with van der Waals surface area (Å²) >= 11 is 14.3. The van der Waals surface area contributed by atoms with Gasteiger partial charge in [-0.15, -0.1) is 0 Å². The summed E-state index contributed by atoms with van der Waals surface area (Å²) in [5.74, 6) is -13.5. The first-order valence-corrected chi connectivity index (χ1v) is 42.1. The van der Waals surface area contributed by atoms with E-state index in [2.05, 4.69) is 57.9 Å². The van der Waals surface area contributed by atoms with Gasteiger partial charge in [0.15, 0.2) is 11.5 Å². The van der Waals surface area contributed by atoms with E-state index in [0.29, 0.717) is 30.4 Å². The Morgan fingerprint density at radius 1 is 0.653 bits per heavy atom. The monoisotopic (exact) mass is 1730 g/mol. The highest BCUT2D eigenvalue weighted by atomic mass is 35.5. The second-order valence-corrected chi connectivity index (χ2v) is 34.6. The van der Waals surface area contributed by atoms with Crippen molar-refractivity contribution in [1.82, 2.24) is 52.6 Å². The minimum atomic E-state index is -3.46. The van der Waals surface area contributed by atoms with Crippen LogP contribution < -0.4 is 82.6 Å². The van der Waals surface area contributed by atoms with Crippen molar-refractivity contribution < 1.29 is 116 Å². The minimum absolute atomic E-state index is 0.0464. The summed E-state index contributed by atoms with van der Waals surface area (Å²) < 4.78 is 58.1. The van der Waals surface area contributed by atoms with Gasteiger partial charge in [0.25, 0.3) is 0 Å². The van der Waals surface area contributed by atoms with Gasteiger partial charge in [-0.2, -0.15) is 0 Å². The van der Waals surface area contributed by atoms with Crippen molar-refractivity contribution in [3.05, 3.63) is 141 Å². The predicted molar refractivity (Wildman–Crippen MR) is 433 cm³/mol. The lowest BCUT2D eigenvalue weighted by molar-refractivity contribution is -0.270. The topological polar surface area (TPSA) is 554 Å². The number of aromatic hydroxyl groups is 3. The molecule has 10 aliphatic rings. The number of hydrogen-bond donors (Lipinski definition) is 20. The number of aliphatic hydroxyl groups excluding tert-OH is 5. The molecule has 0 radical (unpaired) electrons. The molecular weight excluding hydrogens is 1640 g/mol.